The van der Waals surface area contributed by atoms with Crippen LogP contribution < -0.4 is 11.2 Å². The minimum Gasteiger partial charge on any atom is -0.382 e. The van der Waals surface area contributed by atoms with E-state index in [2.05, 4.69) is 10.5 Å². The summed E-state index contributed by atoms with van der Waals surface area (Å²) in [6.45, 7) is 0. The Balaban J connectivity index is 3.30. The van der Waals surface area contributed by atoms with E-state index in [4.69, 9.17) is 21.0 Å². The van der Waals surface area contributed by atoms with Crippen LogP contribution in [0.5, 0.6) is 0 Å². The van der Waals surface area contributed by atoms with Crippen LogP contribution in [0.15, 0.2) is 28.2 Å². The van der Waals surface area contributed by atoms with Crippen LogP contribution in [0.3, 0.4) is 0 Å². The lowest BCUT2D eigenvalue weighted by Gasteiger charge is -2.04. The first-order chi connectivity index (χ1) is 9.66. The largest absolute Gasteiger partial charge is 0.382 e. The van der Waals surface area contributed by atoms with Gasteiger partial charge in [-0.3, -0.25) is 25.5 Å². The first-order valence-corrected chi connectivity index (χ1v) is 6.45. The standard InChI is InChI=1S/C9H8N6O5S/c10-4-7(9(11)12)14-13-6-2-1-5(21(18,19)20)3-8(6)15(16)17/h1-3,13H,(H3,11,12)(H,18,19,20)/b14-7+. The highest BCUT2D eigenvalue weighted by Crippen LogP contribution is 2.27. The van der Waals surface area contributed by atoms with Gasteiger partial charge in [0.1, 0.15) is 16.7 Å². The maximum Gasteiger partial charge on any atom is 0.295 e. The van der Waals surface area contributed by atoms with E-state index in [1.165, 1.54) is 6.07 Å². The normalized spacial score (nSPS) is 11.5. The number of hydrazone groups is 1. The molecule has 0 aliphatic heterocycles. The van der Waals surface area contributed by atoms with Gasteiger partial charge in [0.15, 0.2) is 5.84 Å². The van der Waals surface area contributed by atoms with Gasteiger partial charge in [-0.1, -0.05) is 0 Å². The van der Waals surface area contributed by atoms with Gasteiger partial charge in [-0.05, 0) is 12.1 Å². The molecule has 1 aromatic rings. The zero-order valence-corrected chi connectivity index (χ0v) is 11.0. The zero-order valence-electron chi connectivity index (χ0n) is 10.1. The monoisotopic (exact) mass is 312 g/mol. The third-order valence-corrected chi connectivity index (χ3v) is 2.96. The number of nitro benzene ring substituents is 1. The van der Waals surface area contributed by atoms with Crippen molar-refractivity contribution in [3.8, 4) is 6.07 Å². The van der Waals surface area contributed by atoms with Crippen molar-refractivity contribution in [2.75, 3.05) is 5.43 Å². The van der Waals surface area contributed by atoms with Gasteiger partial charge in [0.25, 0.3) is 15.8 Å². The molecule has 0 bridgehead atoms. The maximum absolute atomic E-state index is 10.9. The number of rotatable bonds is 5. The van der Waals surface area contributed by atoms with Gasteiger partial charge in [-0.2, -0.15) is 18.8 Å². The molecule has 12 heteroatoms. The Morgan fingerprint density at radius 1 is 1.57 bits per heavy atom. The molecule has 1 rings (SSSR count). The summed E-state index contributed by atoms with van der Waals surface area (Å²) in [5.74, 6) is -0.651. The molecule has 21 heavy (non-hydrogen) atoms. The number of benzene rings is 1. The smallest absolute Gasteiger partial charge is 0.295 e. The first-order valence-electron chi connectivity index (χ1n) is 5.01. The average Bonchev–Trinajstić information content (AvgIpc) is 2.37. The van der Waals surface area contributed by atoms with Gasteiger partial charge < -0.3 is 5.73 Å². The van der Waals surface area contributed by atoms with Gasteiger partial charge in [-0.15, -0.1) is 0 Å². The van der Waals surface area contributed by atoms with Crippen LogP contribution in [-0.2, 0) is 10.1 Å². The predicted molar refractivity (Wildman–Crippen MR) is 71.5 cm³/mol. The fourth-order valence-corrected chi connectivity index (χ4v) is 1.68. The number of amidine groups is 1. The minimum absolute atomic E-state index is 0.249. The molecule has 0 saturated heterocycles. The van der Waals surface area contributed by atoms with Crippen molar-refractivity contribution in [2.45, 2.75) is 4.90 Å². The summed E-state index contributed by atoms with van der Waals surface area (Å²) in [4.78, 5) is 9.28. The molecule has 5 N–H and O–H groups in total. The van der Waals surface area contributed by atoms with Crippen molar-refractivity contribution in [2.24, 2.45) is 10.8 Å². The molecule has 0 saturated carbocycles. The Hall–Kier alpha value is -3.04. The van der Waals surface area contributed by atoms with Crippen LogP contribution in [0.1, 0.15) is 0 Å². The second-order valence-corrected chi connectivity index (χ2v) is 4.93. The molecule has 0 aliphatic carbocycles. The van der Waals surface area contributed by atoms with E-state index in [0.29, 0.717) is 6.07 Å². The van der Waals surface area contributed by atoms with Crippen molar-refractivity contribution in [1.29, 1.82) is 10.7 Å². The van der Waals surface area contributed by atoms with E-state index in [0.717, 1.165) is 12.1 Å². The number of nitriles is 1. The summed E-state index contributed by atoms with van der Waals surface area (Å²) < 4.78 is 30.7. The van der Waals surface area contributed by atoms with E-state index in [1.54, 1.807) is 0 Å². The van der Waals surface area contributed by atoms with E-state index in [1.807, 2.05) is 0 Å². The fraction of sp³-hybridized carbons (Fsp3) is 0. The van der Waals surface area contributed by atoms with Crippen LogP contribution in [-0.4, -0.2) is 29.4 Å². The number of nitrogens with one attached hydrogen (secondary N) is 2. The Kier molecular flexibility index (Phi) is 4.53. The molecule has 0 fully saturated rings. The summed E-state index contributed by atoms with van der Waals surface area (Å²) in [5, 5.41) is 29.9. The summed E-state index contributed by atoms with van der Waals surface area (Å²) in [6, 6.07) is 3.98. The van der Waals surface area contributed by atoms with Crippen molar-refractivity contribution < 1.29 is 17.9 Å². The quantitative estimate of drug-likeness (QED) is 0.192. The average molecular weight is 312 g/mol. The number of hydrogen-bond acceptors (Lipinski definition) is 8. The van der Waals surface area contributed by atoms with Crippen LogP contribution >= 0.6 is 0 Å². The SMILES string of the molecule is N#C/C(=N\Nc1ccc(S(=O)(=O)O)cc1[N+](=O)[O-])C(=N)N. The number of nitrogens with two attached hydrogens (primary N) is 1. The second-order valence-electron chi connectivity index (χ2n) is 3.51. The van der Waals surface area contributed by atoms with E-state index >= 15 is 0 Å². The lowest BCUT2D eigenvalue weighted by Crippen LogP contribution is -2.22. The van der Waals surface area contributed by atoms with Gasteiger partial charge >= 0.3 is 0 Å². The van der Waals surface area contributed by atoms with Gasteiger partial charge in [0.2, 0.25) is 5.71 Å². The lowest BCUT2D eigenvalue weighted by molar-refractivity contribution is -0.384. The highest BCUT2D eigenvalue weighted by atomic mass is 32.2. The number of hydrogen-bond donors (Lipinski definition) is 4. The minimum atomic E-state index is -4.60. The molecule has 0 heterocycles. The van der Waals surface area contributed by atoms with Crippen molar-refractivity contribution in [3.05, 3.63) is 28.3 Å². The van der Waals surface area contributed by atoms with E-state index in [-0.39, 0.29) is 5.69 Å². The predicted octanol–water partition coefficient (Wildman–Crippen LogP) is 0.0690. The zero-order chi connectivity index (χ0) is 16.2. The van der Waals surface area contributed by atoms with Crippen LogP contribution in [0.2, 0.25) is 0 Å². The van der Waals surface area contributed by atoms with Gasteiger partial charge in [0, 0.05) is 6.07 Å². The second kappa shape index (κ2) is 5.94. The van der Waals surface area contributed by atoms with E-state index in [9.17, 15) is 18.5 Å². The fourth-order valence-electron chi connectivity index (χ4n) is 1.18. The Bertz CT molecular complexity index is 778. The van der Waals surface area contributed by atoms with E-state index < -0.39 is 37.2 Å². The molecule has 0 spiro atoms. The summed E-state index contributed by atoms with van der Waals surface area (Å²) in [7, 11) is -4.60. The summed E-state index contributed by atoms with van der Waals surface area (Å²) >= 11 is 0. The maximum atomic E-state index is 10.9. The van der Waals surface area contributed by atoms with Crippen molar-refractivity contribution in [3.63, 3.8) is 0 Å². The highest BCUT2D eigenvalue weighted by molar-refractivity contribution is 7.85. The first kappa shape index (κ1) is 16.0. The summed E-state index contributed by atoms with van der Waals surface area (Å²) in [5.41, 5.74) is 5.71. The Morgan fingerprint density at radius 2 is 2.19 bits per heavy atom. The summed E-state index contributed by atoms with van der Waals surface area (Å²) in [6.07, 6.45) is 0. The van der Waals surface area contributed by atoms with Crippen molar-refractivity contribution in [1.82, 2.24) is 0 Å². The van der Waals surface area contributed by atoms with Gasteiger partial charge in [0.05, 0.1) is 4.92 Å². The molecule has 110 valence electrons. The lowest BCUT2D eigenvalue weighted by atomic mass is 10.3. The molecule has 0 aromatic heterocycles. The number of nitrogens with zero attached hydrogens (tertiary/aromatic N) is 3. The van der Waals surface area contributed by atoms with Crippen LogP contribution in [0.4, 0.5) is 11.4 Å². The third kappa shape index (κ3) is 3.96. The molecule has 1 aromatic carbocycles. The Morgan fingerprint density at radius 3 is 2.62 bits per heavy atom. The van der Waals surface area contributed by atoms with Crippen LogP contribution in [0, 0.1) is 26.9 Å². The highest BCUT2D eigenvalue weighted by Gasteiger charge is 2.19. The molecule has 0 radical (unpaired) electrons. The Labute approximate surface area is 118 Å². The van der Waals surface area contributed by atoms with Crippen molar-refractivity contribution >= 4 is 33.0 Å². The molecular formula is C9H8N6O5S. The molecule has 11 nitrogen and oxygen atoms in total. The van der Waals surface area contributed by atoms with Crippen LogP contribution in [0.25, 0.3) is 0 Å². The molecule has 0 atom stereocenters. The molecule has 0 amide bonds. The number of nitro groups is 1. The molecule has 0 aliphatic rings. The third-order valence-electron chi connectivity index (χ3n) is 2.11. The molecular weight excluding hydrogens is 304 g/mol. The number of anilines is 1. The topological polar surface area (TPSA) is 196 Å². The van der Waals surface area contributed by atoms with Gasteiger partial charge in [-0.25, -0.2) is 0 Å². The molecule has 0 unspecified atom stereocenters.